The standard InChI is InChI=1S/C36H72O10/c1-4-7-9-10-11-12-13-14-15-16-18-38-19-20-39-21-22-40-23-24-41-25-26-42-27-28-43-29-30-44-31-32-45-33-34-46-36(37)35(6-3)17-8-5-2/h35H,4-34H2,1-3H3. The monoisotopic (exact) mass is 665 g/mol. The average Bonchev–Trinajstić information content (AvgIpc) is 3.06. The predicted molar refractivity (Wildman–Crippen MR) is 183 cm³/mol. The first kappa shape index (κ1) is 45.2. The first-order chi connectivity index (χ1) is 22.8. The second-order valence-electron chi connectivity index (χ2n) is 11.5. The lowest BCUT2D eigenvalue weighted by molar-refractivity contribution is -0.150. The van der Waals surface area contributed by atoms with Gasteiger partial charge in [-0.15, -0.1) is 0 Å². The number of carbonyl (C=O) groups is 1. The lowest BCUT2D eigenvalue weighted by Crippen LogP contribution is -2.20. The van der Waals surface area contributed by atoms with Gasteiger partial charge >= 0.3 is 5.97 Å². The van der Waals surface area contributed by atoms with Crippen molar-refractivity contribution in [1.82, 2.24) is 0 Å². The van der Waals surface area contributed by atoms with E-state index in [1.54, 1.807) is 0 Å². The van der Waals surface area contributed by atoms with Crippen molar-refractivity contribution in [2.75, 3.05) is 112 Å². The number of unbranched alkanes of at least 4 members (excludes halogenated alkanes) is 10. The lowest BCUT2D eigenvalue weighted by Gasteiger charge is -2.13. The van der Waals surface area contributed by atoms with Crippen molar-refractivity contribution < 1.29 is 47.4 Å². The van der Waals surface area contributed by atoms with Crippen LogP contribution in [0.5, 0.6) is 0 Å². The predicted octanol–water partition coefficient (Wildman–Crippen LogP) is 6.80. The summed E-state index contributed by atoms with van der Waals surface area (Å²) in [5.41, 5.74) is 0. The highest BCUT2D eigenvalue weighted by molar-refractivity contribution is 5.72. The SMILES string of the molecule is CCCCCCCCCCCCOCCOCCOCCOCCOCCOCCOCCOCCOC(=O)C(CC)CCCC. The molecule has 276 valence electrons. The van der Waals surface area contributed by atoms with Crippen LogP contribution in [0.15, 0.2) is 0 Å². The Balaban J connectivity index is 3.13. The third kappa shape index (κ3) is 36.0. The van der Waals surface area contributed by atoms with Crippen LogP contribution in [0.25, 0.3) is 0 Å². The molecule has 0 saturated carbocycles. The number of hydrogen-bond donors (Lipinski definition) is 0. The Labute approximate surface area is 282 Å². The second kappa shape index (κ2) is 40.3. The van der Waals surface area contributed by atoms with Gasteiger partial charge in [-0.25, -0.2) is 0 Å². The van der Waals surface area contributed by atoms with Gasteiger partial charge in [0.25, 0.3) is 0 Å². The molecule has 1 unspecified atom stereocenters. The summed E-state index contributed by atoms with van der Waals surface area (Å²) >= 11 is 0. The minimum atomic E-state index is -0.113. The Morgan fingerprint density at radius 1 is 0.370 bits per heavy atom. The van der Waals surface area contributed by atoms with Crippen molar-refractivity contribution in [2.45, 2.75) is 111 Å². The molecule has 0 fully saturated rings. The van der Waals surface area contributed by atoms with Gasteiger partial charge in [0.2, 0.25) is 0 Å². The highest BCUT2D eigenvalue weighted by Crippen LogP contribution is 2.14. The van der Waals surface area contributed by atoms with Crippen LogP contribution < -0.4 is 0 Å². The lowest BCUT2D eigenvalue weighted by atomic mass is 10.00. The fourth-order valence-corrected chi connectivity index (χ4v) is 4.59. The third-order valence-electron chi connectivity index (χ3n) is 7.45. The van der Waals surface area contributed by atoms with Crippen LogP contribution in [-0.2, 0) is 47.4 Å². The Bertz CT molecular complexity index is 581. The van der Waals surface area contributed by atoms with Crippen LogP contribution in [0, 0.1) is 5.92 Å². The molecule has 1 atom stereocenters. The summed E-state index contributed by atoms with van der Waals surface area (Å²) in [5, 5.41) is 0. The first-order valence-electron chi connectivity index (χ1n) is 18.5. The van der Waals surface area contributed by atoms with Gasteiger partial charge in [-0.05, 0) is 19.3 Å². The number of hydrogen-bond acceptors (Lipinski definition) is 10. The summed E-state index contributed by atoms with van der Waals surface area (Å²) in [6, 6.07) is 0. The zero-order chi connectivity index (χ0) is 33.4. The molecule has 0 aromatic rings. The summed E-state index contributed by atoms with van der Waals surface area (Å²) in [5.74, 6) is -0.110. The van der Waals surface area contributed by atoms with E-state index in [2.05, 4.69) is 13.8 Å². The molecule has 0 rings (SSSR count). The number of esters is 1. The average molecular weight is 665 g/mol. The molecule has 0 spiro atoms. The van der Waals surface area contributed by atoms with E-state index in [0.717, 1.165) is 38.7 Å². The van der Waals surface area contributed by atoms with Crippen LogP contribution in [-0.4, -0.2) is 118 Å². The second-order valence-corrected chi connectivity index (χ2v) is 11.5. The normalized spacial score (nSPS) is 12.2. The van der Waals surface area contributed by atoms with Crippen LogP contribution in [0.1, 0.15) is 111 Å². The topological polar surface area (TPSA) is 100 Å². The van der Waals surface area contributed by atoms with E-state index in [-0.39, 0.29) is 18.5 Å². The molecule has 10 nitrogen and oxygen atoms in total. The fraction of sp³-hybridized carbons (Fsp3) is 0.972. The minimum absolute atomic E-state index is 0.00326. The van der Waals surface area contributed by atoms with E-state index in [1.807, 2.05) is 6.92 Å². The van der Waals surface area contributed by atoms with Crippen molar-refractivity contribution in [2.24, 2.45) is 5.92 Å². The molecule has 46 heavy (non-hydrogen) atoms. The van der Waals surface area contributed by atoms with E-state index in [1.165, 1.54) is 57.8 Å². The van der Waals surface area contributed by atoms with Gasteiger partial charge in [-0.3, -0.25) is 4.79 Å². The van der Waals surface area contributed by atoms with E-state index >= 15 is 0 Å². The molecule has 0 aromatic heterocycles. The molecule has 0 amide bonds. The summed E-state index contributed by atoms with van der Waals surface area (Å²) in [6.45, 7) is 15.4. The van der Waals surface area contributed by atoms with E-state index < -0.39 is 0 Å². The molecular weight excluding hydrogens is 592 g/mol. The largest absolute Gasteiger partial charge is 0.463 e. The smallest absolute Gasteiger partial charge is 0.308 e. The van der Waals surface area contributed by atoms with Gasteiger partial charge in [-0.1, -0.05) is 91.4 Å². The number of rotatable bonds is 40. The Morgan fingerprint density at radius 3 is 1.02 bits per heavy atom. The van der Waals surface area contributed by atoms with E-state index in [4.69, 9.17) is 42.6 Å². The van der Waals surface area contributed by atoms with Crippen molar-refractivity contribution in [3.05, 3.63) is 0 Å². The van der Waals surface area contributed by atoms with Gasteiger partial charge in [0.15, 0.2) is 0 Å². The van der Waals surface area contributed by atoms with E-state index in [0.29, 0.717) is 99.1 Å². The summed E-state index contributed by atoms with van der Waals surface area (Å²) in [6.07, 6.45) is 17.3. The Kier molecular flexibility index (Phi) is 39.6. The van der Waals surface area contributed by atoms with Crippen LogP contribution in [0.3, 0.4) is 0 Å². The maximum atomic E-state index is 12.0. The highest BCUT2D eigenvalue weighted by atomic mass is 16.6. The Morgan fingerprint density at radius 2 is 0.674 bits per heavy atom. The summed E-state index contributed by atoms with van der Waals surface area (Å²) in [7, 11) is 0. The van der Waals surface area contributed by atoms with Crippen molar-refractivity contribution in [3.63, 3.8) is 0 Å². The zero-order valence-electron chi connectivity index (χ0n) is 30.1. The van der Waals surface area contributed by atoms with Gasteiger partial charge in [0, 0.05) is 6.61 Å². The molecule has 0 aliphatic carbocycles. The first-order valence-corrected chi connectivity index (χ1v) is 18.5. The molecule has 0 heterocycles. The molecule has 0 saturated heterocycles. The molecule has 0 radical (unpaired) electrons. The Hall–Kier alpha value is -0.850. The van der Waals surface area contributed by atoms with Crippen molar-refractivity contribution >= 4 is 5.97 Å². The third-order valence-corrected chi connectivity index (χ3v) is 7.45. The zero-order valence-corrected chi connectivity index (χ0v) is 30.1. The van der Waals surface area contributed by atoms with Gasteiger partial charge < -0.3 is 42.6 Å². The van der Waals surface area contributed by atoms with Gasteiger partial charge in [0.1, 0.15) is 6.61 Å². The van der Waals surface area contributed by atoms with Crippen LogP contribution in [0.4, 0.5) is 0 Å². The van der Waals surface area contributed by atoms with E-state index in [9.17, 15) is 4.79 Å². The highest BCUT2D eigenvalue weighted by Gasteiger charge is 2.16. The maximum absolute atomic E-state index is 12.0. The number of ether oxygens (including phenoxy) is 9. The fourth-order valence-electron chi connectivity index (χ4n) is 4.59. The maximum Gasteiger partial charge on any atom is 0.308 e. The molecular formula is C36H72O10. The molecule has 0 bridgehead atoms. The van der Waals surface area contributed by atoms with Crippen LogP contribution >= 0.6 is 0 Å². The minimum Gasteiger partial charge on any atom is -0.463 e. The molecule has 0 aliphatic heterocycles. The van der Waals surface area contributed by atoms with Gasteiger partial charge in [0.05, 0.1) is 105 Å². The quantitative estimate of drug-likeness (QED) is 0.0514. The molecule has 0 N–H and O–H groups in total. The molecule has 10 heteroatoms. The van der Waals surface area contributed by atoms with Gasteiger partial charge in [-0.2, -0.15) is 0 Å². The van der Waals surface area contributed by atoms with Crippen LogP contribution in [0.2, 0.25) is 0 Å². The molecule has 0 aromatic carbocycles. The summed E-state index contributed by atoms with van der Waals surface area (Å²) < 4.78 is 49.4. The number of carbonyl (C=O) groups excluding carboxylic acids is 1. The van der Waals surface area contributed by atoms with Crippen molar-refractivity contribution in [1.29, 1.82) is 0 Å². The summed E-state index contributed by atoms with van der Waals surface area (Å²) in [4.78, 5) is 12.0. The van der Waals surface area contributed by atoms with Crippen molar-refractivity contribution in [3.8, 4) is 0 Å². The molecule has 0 aliphatic rings.